The lowest BCUT2D eigenvalue weighted by molar-refractivity contribution is -0.277. The molecule has 9 N–H and O–H groups in total. The van der Waals surface area contributed by atoms with E-state index in [2.05, 4.69) is 0 Å². The maximum absolute atomic E-state index is 13.7. The van der Waals surface area contributed by atoms with Crippen LogP contribution in [0.2, 0.25) is 0 Å². The molecule has 10 atom stereocenters. The Morgan fingerprint density at radius 2 is 1.23 bits per heavy atom. The number of rotatable bonds is 10. The number of benzene rings is 2. The minimum absolute atomic E-state index is 0.00183. The summed E-state index contributed by atoms with van der Waals surface area (Å²) in [5.74, 6) is -1.95. The highest BCUT2D eigenvalue weighted by Crippen LogP contribution is 2.46. The molecule has 0 unspecified atom stereocenters. The lowest BCUT2D eigenvalue weighted by Crippen LogP contribution is -2.60. The van der Waals surface area contributed by atoms with Crippen LogP contribution in [0.5, 0.6) is 34.5 Å². The van der Waals surface area contributed by atoms with Crippen molar-refractivity contribution in [3.63, 3.8) is 0 Å². The standard InChI is InChI=1S/C30H36O18/c1-41-12-6-10(4-5-11(12)45-29-24(39)22(37)18(33)15(8-31)46-29)26-28(43-3)21(36)17-13(44-26)7-14(42-2)27(20(17)35)48-30-25(40)23(38)19(34)16(9-32)47-30/h4-7,15-16,18-19,22-25,29-35,37-40H,8-9H2,1-3H3/t15-,16-,18+,19+,22-,23-,24+,25+,29+,30-/m0/s1. The zero-order valence-electron chi connectivity index (χ0n) is 25.7. The van der Waals surface area contributed by atoms with Crippen molar-refractivity contribution in [1.29, 1.82) is 0 Å². The first-order chi connectivity index (χ1) is 22.9. The Bertz CT molecular complexity index is 1660. The van der Waals surface area contributed by atoms with Crippen LogP contribution < -0.4 is 29.1 Å². The summed E-state index contributed by atoms with van der Waals surface area (Å²) in [5, 5.41) is 90.9. The molecule has 3 heterocycles. The topological polar surface area (TPSA) is 277 Å². The molecule has 3 aromatic rings. The molecule has 0 amide bonds. The second kappa shape index (κ2) is 14.3. The van der Waals surface area contributed by atoms with E-state index in [1.54, 1.807) is 0 Å². The van der Waals surface area contributed by atoms with Crippen molar-refractivity contribution in [2.24, 2.45) is 0 Å². The summed E-state index contributed by atoms with van der Waals surface area (Å²) in [6, 6.07) is 5.39. The van der Waals surface area contributed by atoms with Crippen LogP contribution in [0.3, 0.4) is 0 Å². The molecule has 2 aliphatic heterocycles. The van der Waals surface area contributed by atoms with Crippen LogP contribution in [0, 0.1) is 0 Å². The Balaban J connectivity index is 1.53. The van der Waals surface area contributed by atoms with E-state index in [9.17, 15) is 50.8 Å². The van der Waals surface area contributed by atoms with Crippen molar-refractivity contribution in [2.75, 3.05) is 34.5 Å². The van der Waals surface area contributed by atoms with Crippen molar-refractivity contribution in [3.8, 4) is 45.8 Å². The van der Waals surface area contributed by atoms with Gasteiger partial charge in [0.25, 0.3) is 0 Å². The average Bonchev–Trinajstić information content (AvgIpc) is 3.09. The Kier molecular flexibility index (Phi) is 10.5. The molecule has 0 spiro atoms. The first kappa shape index (κ1) is 35.4. The van der Waals surface area contributed by atoms with Crippen LogP contribution in [-0.4, -0.2) is 142 Å². The van der Waals surface area contributed by atoms with Crippen molar-refractivity contribution >= 4 is 11.0 Å². The van der Waals surface area contributed by atoms with Crippen molar-refractivity contribution in [3.05, 3.63) is 34.5 Å². The number of fused-ring (bicyclic) bond motifs is 1. The lowest BCUT2D eigenvalue weighted by atomic mass is 9.99. The number of aliphatic hydroxyl groups is 8. The van der Waals surface area contributed by atoms with Gasteiger partial charge in [0.1, 0.15) is 59.8 Å². The fraction of sp³-hybridized carbons (Fsp3) is 0.500. The number of methoxy groups -OCH3 is 3. The number of ether oxygens (including phenoxy) is 7. The third-order valence-electron chi connectivity index (χ3n) is 8.06. The van der Waals surface area contributed by atoms with Crippen LogP contribution in [0.4, 0.5) is 0 Å². The predicted octanol–water partition coefficient (Wildman–Crippen LogP) is -2.45. The van der Waals surface area contributed by atoms with Crippen LogP contribution in [0.25, 0.3) is 22.3 Å². The number of aliphatic hydroxyl groups excluding tert-OH is 8. The van der Waals surface area contributed by atoms with E-state index in [4.69, 9.17) is 37.6 Å². The minimum atomic E-state index is -1.83. The lowest BCUT2D eigenvalue weighted by Gasteiger charge is -2.39. The van der Waals surface area contributed by atoms with Crippen molar-refractivity contribution in [1.82, 2.24) is 0 Å². The molecule has 48 heavy (non-hydrogen) atoms. The molecule has 18 nitrogen and oxygen atoms in total. The fourth-order valence-corrected chi connectivity index (χ4v) is 5.39. The van der Waals surface area contributed by atoms with Gasteiger partial charge in [-0.15, -0.1) is 0 Å². The van der Waals surface area contributed by atoms with Gasteiger partial charge in [-0.1, -0.05) is 0 Å². The predicted molar refractivity (Wildman–Crippen MR) is 158 cm³/mol. The quantitative estimate of drug-likeness (QED) is 0.107. The fourth-order valence-electron chi connectivity index (χ4n) is 5.39. The number of phenolic OH excluding ortho intramolecular Hbond substituents is 1. The molecule has 2 saturated heterocycles. The number of hydrogen-bond donors (Lipinski definition) is 9. The van der Waals surface area contributed by atoms with E-state index in [0.717, 1.165) is 0 Å². The Morgan fingerprint density at radius 1 is 0.667 bits per heavy atom. The SMILES string of the molecule is COc1cc(-c2oc3cc(OC)c(O[C@@H]4O[C@@H](CO)[C@@H](O)[C@H](O)[C@H]4O)c(O)c3c(=O)c2OC)ccc1O[C@@H]1O[C@@H](CO)[C@@H](O)[C@H](O)[C@H]1O. The molecule has 0 radical (unpaired) electrons. The first-order valence-electron chi connectivity index (χ1n) is 14.5. The molecule has 264 valence electrons. The maximum atomic E-state index is 13.7. The third-order valence-corrected chi connectivity index (χ3v) is 8.06. The Labute approximate surface area is 271 Å². The molecule has 18 heteroatoms. The summed E-state index contributed by atoms with van der Waals surface area (Å²) in [6.45, 7) is -1.40. The van der Waals surface area contributed by atoms with E-state index < -0.39 is 96.9 Å². The summed E-state index contributed by atoms with van der Waals surface area (Å²) in [4.78, 5) is 13.7. The first-order valence-corrected chi connectivity index (χ1v) is 14.5. The van der Waals surface area contributed by atoms with E-state index >= 15 is 0 Å². The second-order valence-electron chi connectivity index (χ2n) is 10.9. The van der Waals surface area contributed by atoms with Crippen LogP contribution in [0.15, 0.2) is 33.5 Å². The van der Waals surface area contributed by atoms with Crippen molar-refractivity contribution < 1.29 is 83.5 Å². The van der Waals surface area contributed by atoms with Crippen LogP contribution >= 0.6 is 0 Å². The van der Waals surface area contributed by atoms with Gasteiger partial charge in [-0.25, -0.2) is 0 Å². The van der Waals surface area contributed by atoms with E-state index in [0.29, 0.717) is 0 Å². The van der Waals surface area contributed by atoms with Gasteiger partial charge in [0.05, 0.1) is 34.5 Å². The number of phenols is 1. The van der Waals surface area contributed by atoms with Gasteiger partial charge in [0.15, 0.2) is 28.8 Å². The highest BCUT2D eigenvalue weighted by molar-refractivity contribution is 5.91. The summed E-state index contributed by atoms with van der Waals surface area (Å²) >= 11 is 0. The third kappa shape index (κ3) is 6.18. The Morgan fingerprint density at radius 3 is 1.75 bits per heavy atom. The van der Waals surface area contributed by atoms with Crippen LogP contribution in [0.1, 0.15) is 0 Å². The summed E-state index contributed by atoms with van der Waals surface area (Å²) in [7, 11) is 3.69. The molecule has 0 bridgehead atoms. The molecule has 1 aromatic heterocycles. The number of aromatic hydroxyl groups is 1. The smallest absolute Gasteiger partial charge is 0.239 e. The number of hydrogen-bond acceptors (Lipinski definition) is 18. The van der Waals surface area contributed by atoms with Gasteiger partial charge in [-0.2, -0.15) is 0 Å². The molecule has 0 saturated carbocycles. The zero-order valence-corrected chi connectivity index (χ0v) is 25.7. The van der Waals surface area contributed by atoms with E-state index in [1.165, 1.54) is 45.6 Å². The van der Waals surface area contributed by atoms with E-state index in [-0.39, 0.29) is 39.9 Å². The summed E-state index contributed by atoms with van der Waals surface area (Å²) in [6.07, 6.45) is -16.0. The van der Waals surface area contributed by atoms with Gasteiger partial charge < -0.3 is 83.5 Å². The molecule has 2 aromatic carbocycles. The van der Waals surface area contributed by atoms with Gasteiger partial charge in [-0.3, -0.25) is 4.79 Å². The highest BCUT2D eigenvalue weighted by Gasteiger charge is 2.46. The zero-order chi connectivity index (χ0) is 35.0. The van der Waals surface area contributed by atoms with Crippen molar-refractivity contribution in [2.45, 2.75) is 61.4 Å². The molecular weight excluding hydrogens is 648 g/mol. The largest absolute Gasteiger partial charge is 0.504 e. The molecular formula is C30H36O18. The van der Waals surface area contributed by atoms with Crippen LogP contribution in [-0.2, 0) is 9.47 Å². The summed E-state index contributed by atoms with van der Waals surface area (Å²) < 4.78 is 44.2. The maximum Gasteiger partial charge on any atom is 0.239 e. The average molecular weight is 685 g/mol. The molecule has 5 rings (SSSR count). The van der Waals surface area contributed by atoms with Gasteiger partial charge in [-0.05, 0) is 18.2 Å². The molecule has 0 aliphatic carbocycles. The Hall–Kier alpha value is -3.95. The minimum Gasteiger partial charge on any atom is -0.504 e. The normalized spacial score (nSPS) is 30.6. The van der Waals surface area contributed by atoms with Gasteiger partial charge in [0, 0.05) is 11.6 Å². The van der Waals surface area contributed by atoms with Gasteiger partial charge in [0.2, 0.25) is 29.5 Å². The second-order valence-corrected chi connectivity index (χ2v) is 10.9. The molecule has 2 fully saturated rings. The monoisotopic (exact) mass is 684 g/mol. The van der Waals surface area contributed by atoms with Gasteiger partial charge >= 0.3 is 0 Å². The summed E-state index contributed by atoms with van der Waals surface area (Å²) in [5.41, 5.74) is -0.857. The molecule has 2 aliphatic rings. The van der Waals surface area contributed by atoms with E-state index in [1.807, 2.05) is 0 Å². The highest BCUT2D eigenvalue weighted by atomic mass is 16.7.